The number of carbonyl (C=O) groups excluding carboxylic acids is 2. The van der Waals surface area contributed by atoms with E-state index in [-0.39, 0.29) is 12.5 Å². The molecule has 0 aromatic heterocycles. The lowest BCUT2D eigenvalue weighted by molar-refractivity contribution is -0.141. The van der Waals surface area contributed by atoms with Gasteiger partial charge in [-0.05, 0) is 12.8 Å². The average molecular weight is 245 g/mol. The number of guanidine groups is 1. The molecule has 1 amide bonds. The van der Waals surface area contributed by atoms with Crippen molar-refractivity contribution in [2.24, 2.45) is 22.2 Å². The number of nitrogens with one attached hydrogen (secondary N) is 1. The fourth-order valence-electron chi connectivity index (χ4n) is 1.01. The number of rotatable bonds is 7. The third kappa shape index (κ3) is 8.03. The Bertz CT molecular complexity index is 288. The van der Waals surface area contributed by atoms with Crippen molar-refractivity contribution in [1.82, 2.24) is 5.32 Å². The molecule has 0 aliphatic carbocycles. The fourth-order valence-corrected chi connectivity index (χ4v) is 1.01. The summed E-state index contributed by atoms with van der Waals surface area (Å²) in [6.45, 7) is 0.233. The summed E-state index contributed by atoms with van der Waals surface area (Å²) in [5, 5.41) is 2.36. The number of hydrogen-bond donors (Lipinski definition) is 4. The smallest absolute Gasteiger partial charge is 0.325 e. The molecular formula is C9H19N5O3. The summed E-state index contributed by atoms with van der Waals surface area (Å²) in [7, 11) is 1.24. The summed E-state index contributed by atoms with van der Waals surface area (Å²) in [6.07, 6.45) is 1.02. The molecule has 0 saturated carbocycles. The van der Waals surface area contributed by atoms with E-state index in [0.29, 0.717) is 19.4 Å². The van der Waals surface area contributed by atoms with Crippen LogP contribution in [0.25, 0.3) is 0 Å². The number of ether oxygens (including phenoxy) is 1. The number of nitrogens with zero attached hydrogens (tertiary/aromatic N) is 1. The fraction of sp³-hybridized carbons (Fsp3) is 0.667. The second-order valence-electron chi connectivity index (χ2n) is 3.35. The minimum atomic E-state index is -0.686. The molecular weight excluding hydrogens is 226 g/mol. The first-order valence-electron chi connectivity index (χ1n) is 5.13. The minimum Gasteiger partial charge on any atom is -0.468 e. The maximum absolute atomic E-state index is 11.4. The first kappa shape index (κ1) is 15.2. The normalized spacial score (nSPS) is 11.4. The van der Waals surface area contributed by atoms with Crippen molar-refractivity contribution in [1.29, 1.82) is 0 Å². The van der Waals surface area contributed by atoms with Crippen LogP contribution in [-0.4, -0.2) is 44.1 Å². The Hall–Kier alpha value is -1.83. The molecule has 8 heteroatoms. The molecule has 7 N–H and O–H groups in total. The quantitative estimate of drug-likeness (QED) is 0.171. The van der Waals surface area contributed by atoms with Crippen molar-refractivity contribution < 1.29 is 14.3 Å². The van der Waals surface area contributed by atoms with E-state index >= 15 is 0 Å². The summed E-state index contributed by atoms with van der Waals surface area (Å²) in [6, 6.07) is -0.686. The van der Waals surface area contributed by atoms with Gasteiger partial charge in [0.1, 0.15) is 6.54 Å². The van der Waals surface area contributed by atoms with E-state index in [9.17, 15) is 9.59 Å². The highest BCUT2D eigenvalue weighted by Gasteiger charge is 2.13. The van der Waals surface area contributed by atoms with Gasteiger partial charge in [0, 0.05) is 6.54 Å². The number of hydrogen-bond acceptors (Lipinski definition) is 5. The van der Waals surface area contributed by atoms with Crippen molar-refractivity contribution in [3.63, 3.8) is 0 Å². The molecule has 0 saturated heterocycles. The molecule has 0 unspecified atom stereocenters. The highest BCUT2D eigenvalue weighted by Crippen LogP contribution is 1.95. The van der Waals surface area contributed by atoms with Gasteiger partial charge in [0.25, 0.3) is 0 Å². The van der Waals surface area contributed by atoms with Gasteiger partial charge >= 0.3 is 5.97 Å². The molecule has 0 bridgehead atoms. The molecule has 0 aromatic rings. The van der Waals surface area contributed by atoms with Crippen LogP contribution in [0.4, 0.5) is 0 Å². The maximum Gasteiger partial charge on any atom is 0.325 e. The van der Waals surface area contributed by atoms with Crippen molar-refractivity contribution in [2.75, 3.05) is 20.2 Å². The van der Waals surface area contributed by atoms with Crippen LogP contribution in [-0.2, 0) is 14.3 Å². The van der Waals surface area contributed by atoms with Gasteiger partial charge in [-0.1, -0.05) is 0 Å². The third-order valence-electron chi connectivity index (χ3n) is 1.94. The molecule has 0 heterocycles. The molecule has 0 rings (SSSR count). The standard InChI is InChI=1S/C9H19N5O3/c1-17-7(15)5-14-8(16)6(10)3-2-4-13-9(11)12/h6H,2-5,10H2,1H3,(H,14,16)(H4,11,12,13)/t6-/m0/s1. The van der Waals surface area contributed by atoms with E-state index in [4.69, 9.17) is 17.2 Å². The zero-order chi connectivity index (χ0) is 13.3. The van der Waals surface area contributed by atoms with Crippen LogP contribution in [0.2, 0.25) is 0 Å². The van der Waals surface area contributed by atoms with Crippen LogP contribution >= 0.6 is 0 Å². The minimum absolute atomic E-state index is 0.00807. The molecule has 0 aliphatic heterocycles. The topological polar surface area (TPSA) is 146 Å². The van der Waals surface area contributed by atoms with E-state index in [1.807, 2.05) is 0 Å². The molecule has 17 heavy (non-hydrogen) atoms. The van der Waals surface area contributed by atoms with Gasteiger partial charge in [-0.2, -0.15) is 0 Å². The number of methoxy groups -OCH3 is 1. The van der Waals surface area contributed by atoms with Crippen molar-refractivity contribution in [3.8, 4) is 0 Å². The van der Waals surface area contributed by atoms with Crippen molar-refractivity contribution >= 4 is 17.8 Å². The SMILES string of the molecule is COC(=O)CNC(=O)[C@@H](N)CCCN=C(N)N. The number of aliphatic imine (C=N–C) groups is 1. The number of esters is 1. The molecule has 0 aromatic carbocycles. The molecule has 1 atom stereocenters. The van der Waals surface area contributed by atoms with Gasteiger partial charge in [-0.15, -0.1) is 0 Å². The second kappa shape index (κ2) is 8.34. The van der Waals surface area contributed by atoms with Crippen LogP contribution in [0.3, 0.4) is 0 Å². The predicted molar refractivity (Wildman–Crippen MR) is 62.9 cm³/mol. The summed E-state index contributed by atoms with van der Waals surface area (Å²) in [5.41, 5.74) is 15.8. The lowest BCUT2D eigenvalue weighted by Crippen LogP contribution is -2.42. The zero-order valence-corrected chi connectivity index (χ0v) is 9.81. The first-order chi connectivity index (χ1) is 7.97. The maximum atomic E-state index is 11.4. The van der Waals surface area contributed by atoms with Crippen molar-refractivity contribution in [2.45, 2.75) is 18.9 Å². The largest absolute Gasteiger partial charge is 0.468 e. The lowest BCUT2D eigenvalue weighted by Gasteiger charge is -2.10. The number of nitrogens with two attached hydrogens (primary N) is 3. The number of amides is 1. The third-order valence-corrected chi connectivity index (χ3v) is 1.94. The number of carbonyl (C=O) groups is 2. The zero-order valence-electron chi connectivity index (χ0n) is 9.81. The monoisotopic (exact) mass is 245 g/mol. The highest BCUT2D eigenvalue weighted by molar-refractivity contribution is 5.85. The van der Waals surface area contributed by atoms with Gasteiger partial charge in [-0.3, -0.25) is 14.6 Å². The Kier molecular flexibility index (Phi) is 7.44. The molecule has 0 radical (unpaired) electrons. The van der Waals surface area contributed by atoms with Gasteiger partial charge in [0.05, 0.1) is 13.2 Å². The first-order valence-corrected chi connectivity index (χ1v) is 5.13. The molecule has 0 aliphatic rings. The van der Waals surface area contributed by atoms with Crippen LogP contribution in [0.5, 0.6) is 0 Å². The average Bonchev–Trinajstić information content (AvgIpc) is 2.30. The van der Waals surface area contributed by atoms with Crippen LogP contribution in [0, 0.1) is 0 Å². The Morgan fingerprint density at radius 3 is 2.59 bits per heavy atom. The van der Waals surface area contributed by atoms with Crippen molar-refractivity contribution in [3.05, 3.63) is 0 Å². The Balaban J connectivity index is 3.74. The summed E-state index contributed by atoms with van der Waals surface area (Å²) >= 11 is 0. The summed E-state index contributed by atoms with van der Waals surface area (Å²) in [5.74, 6) is -0.917. The Morgan fingerprint density at radius 1 is 1.41 bits per heavy atom. The summed E-state index contributed by atoms with van der Waals surface area (Å²) in [4.78, 5) is 25.9. The molecule has 98 valence electrons. The van der Waals surface area contributed by atoms with Gasteiger partial charge in [0.15, 0.2) is 5.96 Å². The van der Waals surface area contributed by atoms with Crippen LogP contribution in [0.1, 0.15) is 12.8 Å². The summed E-state index contributed by atoms with van der Waals surface area (Å²) < 4.78 is 4.37. The lowest BCUT2D eigenvalue weighted by atomic mass is 10.1. The molecule has 0 fully saturated rings. The van der Waals surface area contributed by atoms with E-state index in [2.05, 4.69) is 15.0 Å². The van der Waals surface area contributed by atoms with E-state index in [1.165, 1.54) is 7.11 Å². The van der Waals surface area contributed by atoms with E-state index in [0.717, 1.165) is 0 Å². The molecule has 8 nitrogen and oxygen atoms in total. The molecule has 0 spiro atoms. The Labute approximate surface area is 99.6 Å². The predicted octanol–water partition coefficient (Wildman–Crippen LogP) is -2.34. The van der Waals surface area contributed by atoms with Gasteiger partial charge in [-0.25, -0.2) is 0 Å². The van der Waals surface area contributed by atoms with Gasteiger partial charge in [0.2, 0.25) is 5.91 Å². The second-order valence-corrected chi connectivity index (χ2v) is 3.35. The van der Waals surface area contributed by atoms with Crippen LogP contribution in [0.15, 0.2) is 4.99 Å². The highest BCUT2D eigenvalue weighted by atomic mass is 16.5. The van der Waals surface area contributed by atoms with E-state index < -0.39 is 17.9 Å². The van der Waals surface area contributed by atoms with Gasteiger partial charge < -0.3 is 27.3 Å². The van der Waals surface area contributed by atoms with Crippen LogP contribution < -0.4 is 22.5 Å². The Morgan fingerprint density at radius 2 is 2.06 bits per heavy atom. The van der Waals surface area contributed by atoms with E-state index in [1.54, 1.807) is 0 Å².